The second kappa shape index (κ2) is 8.05. The van der Waals surface area contributed by atoms with Crippen molar-refractivity contribution in [1.29, 1.82) is 5.26 Å². The van der Waals surface area contributed by atoms with E-state index in [2.05, 4.69) is 11.2 Å². The first-order valence-electron chi connectivity index (χ1n) is 10.2. The fourth-order valence-corrected chi connectivity index (χ4v) is 4.11. The highest BCUT2D eigenvalue weighted by Crippen LogP contribution is 2.43. The maximum Gasteiger partial charge on any atom is 0.167 e. The molecule has 0 bridgehead atoms. The van der Waals surface area contributed by atoms with Crippen LogP contribution in [0.1, 0.15) is 69.9 Å². The number of benzene rings is 2. The Morgan fingerprint density at radius 2 is 1.69 bits per heavy atom. The van der Waals surface area contributed by atoms with E-state index in [0.29, 0.717) is 12.3 Å². The third-order valence-corrected chi connectivity index (χ3v) is 5.94. The van der Waals surface area contributed by atoms with Gasteiger partial charge >= 0.3 is 0 Å². The van der Waals surface area contributed by atoms with E-state index in [9.17, 15) is 10.1 Å². The molecule has 0 N–H and O–H groups in total. The first-order chi connectivity index (χ1) is 14.1. The lowest BCUT2D eigenvalue weighted by Crippen LogP contribution is -2.16. The molecular formula is C25H25N3O. The summed E-state index contributed by atoms with van der Waals surface area (Å²) in [6, 6.07) is 22.2. The van der Waals surface area contributed by atoms with E-state index in [1.807, 2.05) is 79.3 Å². The number of carbonyl (C=O) groups is 1. The zero-order valence-corrected chi connectivity index (χ0v) is 16.9. The minimum atomic E-state index is -0.385. The standard InChI is InChI=1S/C25H25N3O/c1-17-24(25(20-13-14-20)27-28(17)2)23(29)15-21(18-9-5-3-6-10-18)22(16-26)19-11-7-4-8-12-19/h3-12,20-22H,13-15H2,1-2H3/t21-,22-/m0/s1. The van der Waals surface area contributed by atoms with Crippen LogP contribution in [0.4, 0.5) is 0 Å². The van der Waals surface area contributed by atoms with E-state index in [1.165, 1.54) is 0 Å². The Morgan fingerprint density at radius 1 is 1.10 bits per heavy atom. The van der Waals surface area contributed by atoms with Gasteiger partial charge in [-0.2, -0.15) is 10.4 Å². The number of hydrogen-bond acceptors (Lipinski definition) is 3. The molecule has 4 heteroatoms. The summed E-state index contributed by atoms with van der Waals surface area (Å²) in [6.07, 6.45) is 2.50. The van der Waals surface area contributed by atoms with E-state index >= 15 is 0 Å². The fourth-order valence-electron chi connectivity index (χ4n) is 4.11. The lowest BCUT2D eigenvalue weighted by atomic mass is 9.78. The van der Waals surface area contributed by atoms with Crippen molar-refractivity contribution in [3.8, 4) is 6.07 Å². The summed E-state index contributed by atoms with van der Waals surface area (Å²) in [5.41, 5.74) is 4.58. The molecule has 1 aromatic heterocycles. The highest BCUT2D eigenvalue weighted by Gasteiger charge is 2.35. The molecule has 2 atom stereocenters. The van der Waals surface area contributed by atoms with Crippen molar-refractivity contribution in [3.63, 3.8) is 0 Å². The van der Waals surface area contributed by atoms with Crippen molar-refractivity contribution >= 4 is 5.78 Å². The van der Waals surface area contributed by atoms with Crippen molar-refractivity contribution in [1.82, 2.24) is 9.78 Å². The number of aryl methyl sites for hydroxylation is 1. The number of aromatic nitrogens is 2. The van der Waals surface area contributed by atoms with Gasteiger partial charge in [0.15, 0.2) is 5.78 Å². The lowest BCUT2D eigenvalue weighted by Gasteiger charge is -2.22. The average Bonchev–Trinajstić information content (AvgIpc) is 3.55. The van der Waals surface area contributed by atoms with Crippen LogP contribution in [0.15, 0.2) is 60.7 Å². The van der Waals surface area contributed by atoms with Crippen molar-refractivity contribution in [2.45, 2.75) is 43.9 Å². The number of carbonyl (C=O) groups excluding carboxylic acids is 1. The van der Waals surface area contributed by atoms with Gasteiger partial charge < -0.3 is 0 Å². The molecule has 4 nitrogen and oxygen atoms in total. The van der Waals surface area contributed by atoms with Crippen LogP contribution < -0.4 is 0 Å². The number of Topliss-reactive ketones (excluding diaryl/α,β-unsaturated/α-hetero) is 1. The molecule has 4 rings (SSSR count). The Kier molecular flexibility index (Phi) is 5.31. The maximum absolute atomic E-state index is 13.5. The quantitative estimate of drug-likeness (QED) is 0.522. The Bertz CT molecular complexity index is 1040. The number of rotatable bonds is 7. The van der Waals surface area contributed by atoms with Crippen LogP contribution in [0, 0.1) is 18.3 Å². The van der Waals surface area contributed by atoms with Gasteiger partial charge in [-0.05, 0) is 30.9 Å². The Balaban J connectivity index is 1.72. The molecule has 0 unspecified atom stereocenters. The van der Waals surface area contributed by atoms with Gasteiger partial charge in [0.25, 0.3) is 0 Å². The Morgan fingerprint density at radius 3 is 2.24 bits per heavy atom. The summed E-state index contributed by atoms with van der Waals surface area (Å²) in [5.74, 6) is -0.0980. The molecule has 0 saturated heterocycles. The predicted molar refractivity (Wildman–Crippen MR) is 113 cm³/mol. The predicted octanol–water partition coefficient (Wildman–Crippen LogP) is 5.27. The normalized spacial score (nSPS) is 15.5. The average molecular weight is 383 g/mol. The summed E-state index contributed by atoms with van der Waals surface area (Å²) >= 11 is 0. The van der Waals surface area contributed by atoms with E-state index in [0.717, 1.165) is 40.9 Å². The number of hydrogen-bond donors (Lipinski definition) is 0. The highest BCUT2D eigenvalue weighted by molar-refractivity contribution is 5.99. The minimum absolute atomic E-state index is 0.0857. The summed E-state index contributed by atoms with van der Waals surface area (Å²) in [7, 11) is 1.90. The van der Waals surface area contributed by atoms with Gasteiger partial charge in [0.05, 0.1) is 23.2 Å². The van der Waals surface area contributed by atoms with Gasteiger partial charge in [0.1, 0.15) is 0 Å². The van der Waals surface area contributed by atoms with Gasteiger partial charge in [-0.15, -0.1) is 0 Å². The molecule has 29 heavy (non-hydrogen) atoms. The fraction of sp³-hybridized carbons (Fsp3) is 0.320. The zero-order chi connectivity index (χ0) is 20.4. The van der Waals surface area contributed by atoms with Crippen LogP contribution in [0.3, 0.4) is 0 Å². The van der Waals surface area contributed by atoms with E-state index in [1.54, 1.807) is 0 Å². The topological polar surface area (TPSA) is 58.7 Å². The molecule has 1 heterocycles. The highest BCUT2D eigenvalue weighted by atomic mass is 16.1. The van der Waals surface area contributed by atoms with Crippen LogP contribution in [-0.2, 0) is 7.05 Å². The van der Waals surface area contributed by atoms with Crippen LogP contribution in [0.2, 0.25) is 0 Å². The third kappa shape index (κ3) is 3.86. The molecular weight excluding hydrogens is 358 g/mol. The van der Waals surface area contributed by atoms with Gasteiger partial charge in [-0.1, -0.05) is 60.7 Å². The smallest absolute Gasteiger partial charge is 0.167 e. The first-order valence-corrected chi connectivity index (χ1v) is 10.2. The molecule has 0 aliphatic heterocycles. The molecule has 3 aromatic rings. The summed E-state index contributed by atoms with van der Waals surface area (Å²) in [4.78, 5) is 13.5. The van der Waals surface area contributed by atoms with E-state index in [4.69, 9.17) is 0 Å². The van der Waals surface area contributed by atoms with E-state index in [-0.39, 0.29) is 17.6 Å². The van der Waals surface area contributed by atoms with Gasteiger partial charge in [-0.3, -0.25) is 9.48 Å². The van der Waals surface area contributed by atoms with Crippen molar-refractivity contribution in [2.24, 2.45) is 7.05 Å². The molecule has 1 saturated carbocycles. The minimum Gasteiger partial charge on any atom is -0.294 e. The van der Waals surface area contributed by atoms with Gasteiger partial charge in [-0.25, -0.2) is 0 Å². The molecule has 1 fully saturated rings. The molecule has 0 radical (unpaired) electrons. The SMILES string of the molecule is Cc1c(C(=O)C[C@@H](c2ccccc2)[C@@H](C#N)c2ccccc2)c(C2CC2)nn1C. The number of nitrogens with zero attached hydrogens (tertiary/aromatic N) is 3. The molecule has 1 aliphatic carbocycles. The first kappa shape index (κ1) is 19.1. The summed E-state index contributed by atoms with van der Waals surface area (Å²) in [5, 5.41) is 14.7. The summed E-state index contributed by atoms with van der Waals surface area (Å²) < 4.78 is 1.82. The van der Waals surface area contributed by atoms with Crippen LogP contribution in [0.5, 0.6) is 0 Å². The molecule has 0 spiro atoms. The Hall–Kier alpha value is -3.19. The summed E-state index contributed by atoms with van der Waals surface area (Å²) in [6.45, 7) is 1.96. The molecule has 1 aliphatic rings. The monoisotopic (exact) mass is 383 g/mol. The largest absolute Gasteiger partial charge is 0.294 e. The second-order valence-corrected chi connectivity index (χ2v) is 7.91. The van der Waals surface area contributed by atoms with Crippen LogP contribution >= 0.6 is 0 Å². The lowest BCUT2D eigenvalue weighted by molar-refractivity contribution is 0.0970. The van der Waals surface area contributed by atoms with Gasteiger partial charge in [0.2, 0.25) is 0 Å². The Labute approximate surface area is 171 Å². The maximum atomic E-state index is 13.5. The van der Waals surface area contributed by atoms with E-state index < -0.39 is 0 Å². The van der Waals surface area contributed by atoms with Crippen LogP contribution in [0.25, 0.3) is 0 Å². The van der Waals surface area contributed by atoms with Crippen LogP contribution in [-0.4, -0.2) is 15.6 Å². The number of ketones is 1. The molecule has 146 valence electrons. The van der Waals surface area contributed by atoms with Gasteiger partial charge in [0, 0.05) is 31.0 Å². The van der Waals surface area contributed by atoms with Crippen molar-refractivity contribution in [3.05, 3.63) is 88.7 Å². The third-order valence-electron chi connectivity index (χ3n) is 5.94. The van der Waals surface area contributed by atoms with Crippen molar-refractivity contribution in [2.75, 3.05) is 0 Å². The molecule has 2 aromatic carbocycles. The van der Waals surface area contributed by atoms with Crippen molar-refractivity contribution < 1.29 is 4.79 Å². The second-order valence-electron chi connectivity index (χ2n) is 7.91. The molecule has 0 amide bonds. The number of nitriles is 1. The zero-order valence-electron chi connectivity index (χ0n) is 16.9.